The zero-order valence-electron chi connectivity index (χ0n) is 7.24. The SMILES string of the molecule is CC(N)(Cc1ncccn1)C(F)F. The van der Waals surface area contributed by atoms with Crippen molar-refractivity contribution >= 4 is 0 Å². The van der Waals surface area contributed by atoms with E-state index in [2.05, 4.69) is 9.97 Å². The minimum absolute atomic E-state index is 0.0223. The lowest BCUT2D eigenvalue weighted by atomic mass is 10.00. The summed E-state index contributed by atoms with van der Waals surface area (Å²) in [6.45, 7) is 1.29. The van der Waals surface area contributed by atoms with Crippen LogP contribution < -0.4 is 5.73 Å². The highest BCUT2D eigenvalue weighted by molar-refractivity contribution is 4.97. The van der Waals surface area contributed by atoms with E-state index in [9.17, 15) is 8.78 Å². The van der Waals surface area contributed by atoms with E-state index in [1.54, 1.807) is 6.07 Å². The first-order valence-electron chi connectivity index (χ1n) is 3.85. The lowest BCUT2D eigenvalue weighted by molar-refractivity contribution is 0.0628. The van der Waals surface area contributed by atoms with Gasteiger partial charge in [0.2, 0.25) is 0 Å². The Kier molecular flexibility index (Phi) is 2.87. The van der Waals surface area contributed by atoms with Gasteiger partial charge in [-0.15, -0.1) is 0 Å². The number of halogens is 2. The second-order valence-corrected chi connectivity index (χ2v) is 3.15. The van der Waals surface area contributed by atoms with E-state index >= 15 is 0 Å². The predicted octanol–water partition coefficient (Wildman–Crippen LogP) is 1.00. The largest absolute Gasteiger partial charge is 0.320 e. The van der Waals surface area contributed by atoms with Crippen molar-refractivity contribution in [1.82, 2.24) is 9.97 Å². The Bertz CT molecular complexity index is 261. The van der Waals surface area contributed by atoms with Gasteiger partial charge in [0.15, 0.2) is 0 Å². The summed E-state index contributed by atoms with van der Waals surface area (Å²) in [7, 11) is 0. The molecule has 1 unspecified atom stereocenters. The smallest absolute Gasteiger partial charge is 0.256 e. The molecule has 1 atom stereocenters. The fraction of sp³-hybridized carbons (Fsp3) is 0.500. The summed E-state index contributed by atoms with van der Waals surface area (Å²) in [6, 6.07) is 1.62. The third-order valence-corrected chi connectivity index (χ3v) is 1.66. The summed E-state index contributed by atoms with van der Waals surface area (Å²) in [5.74, 6) is 0.341. The van der Waals surface area contributed by atoms with Crippen LogP contribution in [0.15, 0.2) is 18.5 Å². The Balaban J connectivity index is 2.69. The van der Waals surface area contributed by atoms with Crippen molar-refractivity contribution in [2.45, 2.75) is 25.3 Å². The van der Waals surface area contributed by atoms with Gasteiger partial charge in [-0.1, -0.05) is 0 Å². The fourth-order valence-corrected chi connectivity index (χ4v) is 0.839. The second kappa shape index (κ2) is 3.74. The Hall–Kier alpha value is -1.10. The Morgan fingerprint density at radius 1 is 1.46 bits per heavy atom. The standard InChI is InChI=1S/C8H11F2N3/c1-8(11,7(9)10)5-6-12-3-2-4-13-6/h2-4,7H,5,11H2,1H3. The van der Waals surface area contributed by atoms with Crippen LogP contribution in [-0.2, 0) is 6.42 Å². The molecule has 3 nitrogen and oxygen atoms in total. The topological polar surface area (TPSA) is 51.8 Å². The van der Waals surface area contributed by atoms with Gasteiger partial charge in [0.05, 0.1) is 5.54 Å². The van der Waals surface area contributed by atoms with E-state index in [4.69, 9.17) is 5.73 Å². The summed E-state index contributed by atoms with van der Waals surface area (Å²) in [4.78, 5) is 7.64. The lowest BCUT2D eigenvalue weighted by Gasteiger charge is -2.22. The molecule has 1 rings (SSSR count). The molecule has 0 bridgehead atoms. The highest BCUT2D eigenvalue weighted by Crippen LogP contribution is 2.15. The van der Waals surface area contributed by atoms with Crippen LogP contribution in [0.3, 0.4) is 0 Å². The van der Waals surface area contributed by atoms with Crippen molar-refractivity contribution in [2.75, 3.05) is 0 Å². The average Bonchev–Trinajstić information content (AvgIpc) is 2.05. The number of nitrogens with zero attached hydrogens (tertiary/aromatic N) is 2. The first-order chi connectivity index (χ1) is 6.02. The quantitative estimate of drug-likeness (QED) is 0.768. The molecule has 0 aliphatic heterocycles. The van der Waals surface area contributed by atoms with Crippen molar-refractivity contribution in [3.63, 3.8) is 0 Å². The third-order valence-electron chi connectivity index (χ3n) is 1.66. The molecule has 0 radical (unpaired) electrons. The normalized spacial score (nSPS) is 15.8. The van der Waals surface area contributed by atoms with Crippen LogP contribution in [0.4, 0.5) is 8.78 Å². The summed E-state index contributed by atoms with van der Waals surface area (Å²) < 4.78 is 24.6. The summed E-state index contributed by atoms with van der Waals surface area (Å²) in [6.07, 6.45) is 0.413. The molecule has 1 heterocycles. The first kappa shape index (κ1) is 9.98. The van der Waals surface area contributed by atoms with E-state index < -0.39 is 12.0 Å². The monoisotopic (exact) mass is 187 g/mol. The van der Waals surface area contributed by atoms with Crippen molar-refractivity contribution in [1.29, 1.82) is 0 Å². The second-order valence-electron chi connectivity index (χ2n) is 3.15. The van der Waals surface area contributed by atoms with Gasteiger partial charge < -0.3 is 5.73 Å². The number of alkyl halides is 2. The molecule has 72 valence electrons. The maximum atomic E-state index is 12.3. The van der Waals surface area contributed by atoms with Gasteiger partial charge in [-0.25, -0.2) is 18.7 Å². The van der Waals surface area contributed by atoms with Crippen molar-refractivity contribution in [2.24, 2.45) is 5.73 Å². The van der Waals surface area contributed by atoms with Gasteiger partial charge >= 0.3 is 0 Å². The third kappa shape index (κ3) is 2.69. The van der Waals surface area contributed by atoms with E-state index in [1.807, 2.05) is 0 Å². The molecule has 0 aromatic carbocycles. The first-order valence-corrected chi connectivity index (χ1v) is 3.85. The Morgan fingerprint density at radius 2 is 2.00 bits per heavy atom. The van der Waals surface area contributed by atoms with E-state index in [0.717, 1.165) is 0 Å². The molecule has 1 aromatic rings. The molecule has 0 aliphatic carbocycles. The van der Waals surface area contributed by atoms with Gasteiger partial charge in [0, 0.05) is 18.8 Å². The molecular formula is C8H11F2N3. The summed E-state index contributed by atoms with van der Waals surface area (Å²) >= 11 is 0. The number of nitrogens with two attached hydrogens (primary N) is 1. The van der Waals surface area contributed by atoms with Crippen molar-refractivity contribution in [3.8, 4) is 0 Å². The summed E-state index contributed by atoms with van der Waals surface area (Å²) in [5, 5.41) is 0. The molecule has 0 fully saturated rings. The lowest BCUT2D eigenvalue weighted by Crippen LogP contribution is -2.46. The molecule has 0 amide bonds. The number of aromatic nitrogens is 2. The fourth-order valence-electron chi connectivity index (χ4n) is 0.839. The zero-order chi connectivity index (χ0) is 9.90. The van der Waals surface area contributed by atoms with E-state index in [1.165, 1.54) is 19.3 Å². The van der Waals surface area contributed by atoms with Gasteiger partial charge in [-0.2, -0.15) is 0 Å². The van der Waals surface area contributed by atoms with Crippen LogP contribution in [0.2, 0.25) is 0 Å². The van der Waals surface area contributed by atoms with Crippen LogP contribution >= 0.6 is 0 Å². The maximum absolute atomic E-state index is 12.3. The van der Waals surface area contributed by atoms with Crippen LogP contribution in [0.25, 0.3) is 0 Å². The molecule has 13 heavy (non-hydrogen) atoms. The highest BCUT2D eigenvalue weighted by Gasteiger charge is 2.31. The van der Waals surface area contributed by atoms with Gasteiger partial charge in [0.25, 0.3) is 6.43 Å². The van der Waals surface area contributed by atoms with Crippen molar-refractivity contribution in [3.05, 3.63) is 24.3 Å². The molecule has 5 heteroatoms. The van der Waals surface area contributed by atoms with Crippen LogP contribution in [-0.4, -0.2) is 21.9 Å². The van der Waals surface area contributed by atoms with E-state index in [-0.39, 0.29) is 6.42 Å². The number of hydrogen-bond donors (Lipinski definition) is 1. The molecule has 0 saturated heterocycles. The van der Waals surface area contributed by atoms with Crippen LogP contribution in [0.5, 0.6) is 0 Å². The maximum Gasteiger partial charge on any atom is 0.256 e. The Morgan fingerprint density at radius 3 is 2.46 bits per heavy atom. The van der Waals surface area contributed by atoms with Gasteiger partial charge in [-0.3, -0.25) is 0 Å². The van der Waals surface area contributed by atoms with Crippen LogP contribution in [0, 0.1) is 0 Å². The predicted molar refractivity (Wildman–Crippen MR) is 44.3 cm³/mol. The number of hydrogen-bond acceptors (Lipinski definition) is 3. The number of rotatable bonds is 3. The van der Waals surface area contributed by atoms with Crippen LogP contribution in [0.1, 0.15) is 12.7 Å². The molecule has 2 N–H and O–H groups in total. The molecule has 0 aliphatic rings. The molecule has 1 aromatic heterocycles. The zero-order valence-corrected chi connectivity index (χ0v) is 7.24. The van der Waals surface area contributed by atoms with Gasteiger partial charge in [-0.05, 0) is 13.0 Å². The molecule has 0 spiro atoms. The van der Waals surface area contributed by atoms with E-state index in [0.29, 0.717) is 5.82 Å². The Labute approximate surface area is 75.0 Å². The summed E-state index contributed by atoms with van der Waals surface area (Å²) in [5.41, 5.74) is 3.81. The minimum atomic E-state index is -2.57. The molecule has 0 saturated carbocycles. The minimum Gasteiger partial charge on any atom is -0.320 e. The highest BCUT2D eigenvalue weighted by atomic mass is 19.3. The van der Waals surface area contributed by atoms with Crippen molar-refractivity contribution < 1.29 is 8.78 Å². The van der Waals surface area contributed by atoms with Gasteiger partial charge in [0.1, 0.15) is 5.82 Å². The molecular weight excluding hydrogens is 176 g/mol. The average molecular weight is 187 g/mol.